The van der Waals surface area contributed by atoms with Gasteiger partial charge in [-0.15, -0.1) is 0 Å². The molecule has 0 aliphatic heterocycles. The molecule has 0 aliphatic carbocycles. The van der Waals surface area contributed by atoms with Crippen LogP contribution in [-0.2, 0) is 19.2 Å². The van der Waals surface area contributed by atoms with E-state index in [9.17, 15) is 65.1 Å². The van der Waals surface area contributed by atoms with Gasteiger partial charge in [0, 0.05) is 50.1 Å². The highest BCUT2D eigenvalue weighted by Crippen LogP contribution is 2.30. The summed E-state index contributed by atoms with van der Waals surface area (Å²) in [5.74, 6) is 8.25. The summed E-state index contributed by atoms with van der Waals surface area (Å²) in [5.41, 5.74) is -4.43. The zero-order valence-electron chi connectivity index (χ0n) is 73.8. The van der Waals surface area contributed by atoms with E-state index in [4.69, 9.17) is 0 Å². The van der Waals surface area contributed by atoms with Crippen molar-refractivity contribution in [3.05, 3.63) is 0 Å². The number of hydrogen-bond donors (Lipinski definition) is 11. The third kappa shape index (κ3) is 72.4. The maximum absolute atomic E-state index is 13.1. The monoisotopic (exact) mass is 1500 g/mol. The number of nitrogens with zero attached hydrogens (tertiary/aromatic N) is 2. The molecule has 0 aromatic heterocycles. The molecule has 0 saturated carbocycles. The lowest BCUT2D eigenvalue weighted by Crippen LogP contribution is -2.47. The molecular formula is C88H178N4O13. The van der Waals surface area contributed by atoms with Crippen molar-refractivity contribution >= 4 is 23.6 Å². The Morgan fingerprint density at radius 1 is 0.352 bits per heavy atom. The van der Waals surface area contributed by atoms with Gasteiger partial charge in [-0.1, -0.05) is 226 Å². The van der Waals surface area contributed by atoms with Crippen LogP contribution in [0.4, 0.5) is 0 Å². The maximum atomic E-state index is 13.1. The molecule has 4 amide bonds. The van der Waals surface area contributed by atoms with Crippen molar-refractivity contribution in [3.63, 3.8) is 0 Å². The van der Waals surface area contributed by atoms with Crippen LogP contribution in [0.25, 0.3) is 0 Å². The highest BCUT2D eigenvalue weighted by molar-refractivity contribution is 5.87. The molecule has 13 unspecified atom stereocenters. The number of aliphatic hydroxyl groups excluding tert-OH is 3. The van der Waals surface area contributed by atoms with Crippen LogP contribution in [0.5, 0.6) is 0 Å². The van der Waals surface area contributed by atoms with E-state index in [0.717, 1.165) is 154 Å². The van der Waals surface area contributed by atoms with Crippen molar-refractivity contribution in [1.82, 2.24) is 20.4 Å². The topological polar surface area (TPSA) is 281 Å². The first-order valence-electron chi connectivity index (χ1n) is 42.3. The summed E-state index contributed by atoms with van der Waals surface area (Å²) >= 11 is 0. The van der Waals surface area contributed by atoms with E-state index in [1.54, 1.807) is 37.5 Å². The number of carbonyl (C=O) groups excluding carboxylic acids is 4. The quantitative estimate of drug-likeness (QED) is 0.0253. The second-order valence-electron chi connectivity index (χ2n) is 36.4. The van der Waals surface area contributed by atoms with Crippen molar-refractivity contribution < 1.29 is 65.1 Å². The van der Waals surface area contributed by atoms with Crippen LogP contribution in [0.1, 0.15) is 393 Å². The molecule has 0 aliphatic rings. The maximum Gasteiger partial charge on any atom is 0.249 e. The van der Waals surface area contributed by atoms with Gasteiger partial charge < -0.3 is 66.4 Å². The SMILES string of the molecule is CC(C)CC(C)(O)CCC(C)(O)CC(C)C.CC(C)CCCC(C)C(=O)N(CCN(CC(C)O)C(=O)C(C)CCCC(C)C)CC(C)O.CC(C)CCCC(C)NC(=O)CC(O)C(=O)NC(C)CCCC(C)C.CCCCC(C)(O)C#CC(C)(O)CCCC.CCCCC(C)(O)CCC(C)(O)CCCC. The summed E-state index contributed by atoms with van der Waals surface area (Å²) in [6.45, 7) is 57.7. The predicted octanol–water partition coefficient (Wildman–Crippen LogP) is 17.6. The van der Waals surface area contributed by atoms with E-state index >= 15 is 0 Å². The summed E-state index contributed by atoms with van der Waals surface area (Å²) in [7, 11) is 0. The first-order chi connectivity index (χ1) is 48.2. The van der Waals surface area contributed by atoms with Crippen LogP contribution < -0.4 is 10.6 Å². The van der Waals surface area contributed by atoms with Gasteiger partial charge in [-0.2, -0.15) is 0 Å². The Balaban J connectivity index is -0.000000410. The molecule has 0 fully saturated rings. The van der Waals surface area contributed by atoms with E-state index in [0.29, 0.717) is 87.1 Å². The van der Waals surface area contributed by atoms with E-state index in [2.05, 4.69) is 133 Å². The van der Waals surface area contributed by atoms with Crippen LogP contribution >= 0.6 is 0 Å². The number of aliphatic hydroxyl groups is 9. The van der Waals surface area contributed by atoms with Gasteiger partial charge >= 0.3 is 0 Å². The molecule has 0 rings (SSSR count). The van der Waals surface area contributed by atoms with Crippen molar-refractivity contribution in [2.45, 2.75) is 457 Å². The minimum absolute atomic E-state index is 0.0129. The van der Waals surface area contributed by atoms with Gasteiger partial charge in [0.05, 0.1) is 41.0 Å². The molecule has 13 atom stereocenters. The number of carbonyl (C=O) groups is 4. The van der Waals surface area contributed by atoms with Crippen LogP contribution in [-0.4, -0.2) is 170 Å². The molecule has 105 heavy (non-hydrogen) atoms. The lowest BCUT2D eigenvalue weighted by atomic mass is 9.83. The van der Waals surface area contributed by atoms with Crippen molar-refractivity contribution in [2.24, 2.45) is 47.3 Å². The standard InChI is InChI=1S/C26H52N2O4.C20H40N2O3.2C14H30O2.C14H26O2/c1-19(2)11-9-13-21(5)25(31)27(17-23(7)29)15-16-28(18-24(8)30)26(32)22(6)14-10-12-20(3)4;1-14(2)9-7-11-16(5)21-19(24)13-18(23)20(25)22-17(6)12-8-10-15(3)4;1-11(2)9-13(5,15)7-8-14(6,16)10-12(3)4;2*1-5-7-9-13(3,15)11-12-14(4,16)10-8-6-2/h19-24,29-30H,9-18H2,1-8H3;14-18,23H,7-13H2,1-6H3,(H,21,24)(H,22,25);11-12,15-16H,7-10H2,1-6H3;15-16H,5-12H2,1-4H3;15-16H,5-10H2,1-4H3. The average Bonchev–Trinajstić information content (AvgIpc) is 0.893. The van der Waals surface area contributed by atoms with Gasteiger partial charge in [0.25, 0.3) is 0 Å². The molecule has 0 aromatic rings. The third-order valence-corrected chi connectivity index (χ3v) is 19.1. The summed E-state index contributed by atoms with van der Waals surface area (Å²) in [6, 6.07) is 0.0791. The van der Waals surface area contributed by atoms with Gasteiger partial charge in [-0.25, -0.2) is 0 Å². The van der Waals surface area contributed by atoms with Crippen molar-refractivity contribution in [1.29, 1.82) is 0 Å². The van der Waals surface area contributed by atoms with Crippen LogP contribution in [0.2, 0.25) is 0 Å². The number of rotatable bonds is 52. The van der Waals surface area contributed by atoms with Crippen molar-refractivity contribution in [3.8, 4) is 11.8 Å². The van der Waals surface area contributed by atoms with E-state index in [-0.39, 0.29) is 61.2 Å². The zero-order chi connectivity index (χ0) is 82.5. The van der Waals surface area contributed by atoms with E-state index in [1.807, 2.05) is 55.4 Å². The molecule has 0 bridgehead atoms. The largest absolute Gasteiger partial charge is 0.392 e. The normalized spacial score (nSPS) is 17.0. The highest BCUT2D eigenvalue weighted by Gasteiger charge is 2.31. The lowest BCUT2D eigenvalue weighted by Gasteiger charge is -2.32. The number of nitrogens with one attached hydrogen (secondary N) is 2. The summed E-state index contributed by atoms with van der Waals surface area (Å²) < 4.78 is 0. The average molecular weight is 1500 g/mol. The first kappa shape index (κ1) is 111. The second-order valence-corrected chi connectivity index (χ2v) is 36.4. The van der Waals surface area contributed by atoms with Gasteiger partial charge in [0.2, 0.25) is 23.6 Å². The van der Waals surface area contributed by atoms with Gasteiger partial charge in [-0.05, 0) is 207 Å². The van der Waals surface area contributed by atoms with E-state index < -0.39 is 57.8 Å². The number of hydrogen-bond acceptors (Lipinski definition) is 13. The lowest BCUT2D eigenvalue weighted by molar-refractivity contribution is -0.141. The molecule has 0 aromatic carbocycles. The second kappa shape index (κ2) is 60.8. The minimum atomic E-state index is -1.28. The number of amides is 4. The van der Waals surface area contributed by atoms with Crippen molar-refractivity contribution in [2.75, 3.05) is 26.2 Å². The van der Waals surface area contributed by atoms with Gasteiger partial charge in [0.1, 0.15) is 17.3 Å². The molecule has 11 N–H and O–H groups in total. The summed E-state index contributed by atoms with van der Waals surface area (Å²) in [6.07, 6.45) is 25.0. The Bertz CT molecular complexity index is 2080. The first-order valence-corrected chi connectivity index (χ1v) is 42.3. The molecule has 17 nitrogen and oxygen atoms in total. The predicted molar refractivity (Wildman–Crippen MR) is 442 cm³/mol. The van der Waals surface area contributed by atoms with Crippen LogP contribution in [0, 0.1) is 59.2 Å². The Morgan fingerprint density at radius 3 is 0.905 bits per heavy atom. The molecule has 628 valence electrons. The molecule has 0 radical (unpaired) electrons. The Morgan fingerprint density at radius 2 is 0.629 bits per heavy atom. The Hall–Kier alpha value is -2.92. The molecule has 0 spiro atoms. The minimum Gasteiger partial charge on any atom is -0.392 e. The fraction of sp³-hybridized carbons (Fsp3) is 0.932. The Labute approximate surface area is 648 Å². The molecule has 17 heteroatoms. The smallest absolute Gasteiger partial charge is 0.249 e. The van der Waals surface area contributed by atoms with Crippen LogP contribution in [0.15, 0.2) is 0 Å². The zero-order valence-corrected chi connectivity index (χ0v) is 73.8. The molecule has 0 saturated heterocycles. The fourth-order valence-electron chi connectivity index (χ4n) is 12.6. The van der Waals surface area contributed by atoms with E-state index in [1.165, 1.54) is 0 Å². The fourth-order valence-corrected chi connectivity index (χ4v) is 12.6. The molecular weight excluding hydrogens is 1320 g/mol. The van der Waals surface area contributed by atoms with Gasteiger partial charge in [-0.3, -0.25) is 19.2 Å². The van der Waals surface area contributed by atoms with Gasteiger partial charge in [0.15, 0.2) is 0 Å². The summed E-state index contributed by atoms with van der Waals surface area (Å²) in [5, 5.41) is 96.0. The molecule has 0 heterocycles. The summed E-state index contributed by atoms with van der Waals surface area (Å²) in [4.78, 5) is 53.4. The number of unbranched alkanes of at least 4 members (excludes halogenated alkanes) is 4. The van der Waals surface area contributed by atoms with Crippen LogP contribution in [0.3, 0.4) is 0 Å². The highest BCUT2D eigenvalue weighted by atomic mass is 16.3. The third-order valence-electron chi connectivity index (χ3n) is 19.1. The Kier molecular flexibility index (Phi) is 64.0.